The molecular weight excluding hydrogens is 268 g/mol. The van der Waals surface area contributed by atoms with E-state index in [0.29, 0.717) is 11.9 Å². The molecule has 0 radical (unpaired) electrons. The largest absolute Gasteiger partial charge is 0.383 e. The lowest BCUT2D eigenvalue weighted by molar-refractivity contribution is 0.706. The average Bonchev–Trinajstić information content (AvgIpc) is 3.14. The minimum atomic E-state index is 0.534. The minimum absolute atomic E-state index is 0.534. The van der Waals surface area contributed by atoms with Gasteiger partial charge in [0.2, 0.25) is 0 Å². The molecule has 86 valence electrons. The maximum absolute atomic E-state index is 5.80. The number of anilines is 2. The predicted molar refractivity (Wildman–Crippen MR) is 67.2 cm³/mol. The van der Waals surface area contributed by atoms with E-state index in [1.165, 1.54) is 25.7 Å². The Bertz CT molecular complexity index is 401. The van der Waals surface area contributed by atoms with E-state index < -0.39 is 0 Å². The first kappa shape index (κ1) is 10.3. The van der Waals surface area contributed by atoms with Crippen LogP contribution in [0.4, 0.5) is 11.6 Å². The van der Waals surface area contributed by atoms with Crippen LogP contribution in [0.1, 0.15) is 25.7 Å². The summed E-state index contributed by atoms with van der Waals surface area (Å²) in [7, 11) is 0. The summed E-state index contributed by atoms with van der Waals surface area (Å²) in [5.74, 6) is 2.37. The standard InChI is InChI=1S/C11H15BrN4/c12-9-10(13)14-6-15-11(9)16(8-3-4-8)5-7-1-2-7/h6-8H,1-5H2,(H2,13,14,15). The molecule has 4 nitrogen and oxygen atoms in total. The zero-order valence-corrected chi connectivity index (χ0v) is 10.7. The molecule has 2 aliphatic carbocycles. The maximum Gasteiger partial charge on any atom is 0.148 e. The van der Waals surface area contributed by atoms with Crippen molar-refractivity contribution < 1.29 is 0 Å². The van der Waals surface area contributed by atoms with E-state index in [1.807, 2.05) is 0 Å². The Hall–Kier alpha value is -0.840. The average molecular weight is 283 g/mol. The second-order valence-corrected chi connectivity index (χ2v) is 5.52. The molecule has 5 heteroatoms. The molecule has 1 heterocycles. The number of aromatic nitrogens is 2. The van der Waals surface area contributed by atoms with Gasteiger partial charge >= 0.3 is 0 Å². The molecule has 16 heavy (non-hydrogen) atoms. The first-order chi connectivity index (χ1) is 7.75. The molecule has 2 aliphatic rings. The van der Waals surface area contributed by atoms with E-state index in [9.17, 15) is 0 Å². The van der Waals surface area contributed by atoms with Crippen LogP contribution < -0.4 is 10.6 Å². The van der Waals surface area contributed by atoms with Gasteiger partial charge in [0.05, 0.1) is 0 Å². The van der Waals surface area contributed by atoms with E-state index in [1.54, 1.807) is 6.33 Å². The van der Waals surface area contributed by atoms with Crippen LogP contribution >= 0.6 is 15.9 Å². The molecule has 0 atom stereocenters. The van der Waals surface area contributed by atoms with Crippen molar-refractivity contribution in [3.8, 4) is 0 Å². The molecule has 0 spiro atoms. The SMILES string of the molecule is Nc1ncnc(N(CC2CC2)C2CC2)c1Br. The summed E-state index contributed by atoms with van der Waals surface area (Å²) < 4.78 is 0.850. The summed E-state index contributed by atoms with van der Waals surface area (Å²) in [5, 5.41) is 0. The van der Waals surface area contributed by atoms with Crippen molar-refractivity contribution in [2.45, 2.75) is 31.7 Å². The zero-order chi connectivity index (χ0) is 11.1. The van der Waals surface area contributed by atoms with Gasteiger partial charge in [-0.05, 0) is 47.5 Å². The Kier molecular flexibility index (Phi) is 2.50. The third-order valence-corrected chi connectivity index (χ3v) is 3.97. The summed E-state index contributed by atoms with van der Waals surface area (Å²) in [5.41, 5.74) is 5.80. The van der Waals surface area contributed by atoms with Crippen molar-refractivity contribution in [2.24, 2.45) is 5.92 Å². The van der Waals surface area contributed by atoms with Gasteiger partial charge in [-0.1, -0.05) is 0 Å². The molecule has 1 aromatic heterocycles. The molecule has 3 rings (SSSR count). The number of nitrogen functional groups attached to an aromatic ring is 1. The maximum atomic E-state index is 5.80. The molecule has 2 saturated carbocycles. The quantitative estimate of drug-likeness (QED) is 0.920. The van der Waals surface area contributed by atoms with Gasteiger partial charge in [-0.25, -0.2) is 9.97 Å². The van der Waals surface area contributed by atoms with Gasteiger partial charge in [0.15, 0.2) is 0 Å². The summed E-state index contributed by atoms with van der Waals surface area (Å²) in [6.07, 6.45) is 6.84. The Morgan fingerprint density at radius 1 is 1.31 bits per heavy atom. The lowest BCUT2D eigenvalue weighted by Gasteiger charge is -2.24. The first-order valence-electron chi connectivity index (χ1n) is 5.78. The van der Waals surface area contributed by atoms with E-state index in [4.69, 9.17) is 5.73 Å². The third kappa shape index (κ3) is 2.00. The number of halogens is 1. The lowest BCUT2D eigenvalue weighted by Crippen LogP contribution is -2.29. The van der Waals surface area contributed by atoms with E-state index in [2.05, 4.69) is 30.8 Å². The first-order valence-corrected chi connectivity index (χ1v) is 6.57. The molecular formula is C11H15BrN4. The van der Waals surface area contributed by atoms with Gasteiger partial charge in [-0.2, -0.15) is 0 Å². The molecule has 0 unspecified atom stereocenters. The van der Waals surface area contributed by atoms with Gasteiger partial charge < -0.3 is 10.6 Å². The van der Waals surface area contributed by atoms with Crippen LogP contribution in [-0.4, -0.2) is 22.6 Å². The second-order valence-electron chi connectivity index (χ2n) is 4.72. The Labute approximate surface area is 103 Å². The van der Waals surface area contributed by atoms with Crippen LogP contribution in [0.2, 0.25) is 0 Å². The third-order valence-electron chi connectivity index (χ3n) is 3.21. The summed E-state index contributed by atoms with van der Waals surface area (Å²) in [4.78, 5) is 10.8. The summed E-state index contributed by atoms with van der Waals surface area (Å²) >= 11 is 3.50. The van der Waals surface area contributed by atoms with Crippen molar-refractivity contribution in [1.82, 2.24) is 9.97 Å². The van der Waals surface area contributed by atoms with Crippen molar-refractivity contribution in [3.63, 3.8) is 0 Å². The number of hydrogen-bond donors (Lipinski definition) is 1. The second kappa shape index (κ2) is 3.87. The Balaban J connectivity index is 1.88. The zero-order valence-electron chi connectivity index (χ0n) is 9.06. The van der Waals surface area contributed by atoms with Gasteiger partial charge in [0.25, 0.3) is 0 Å². The summed E-state index contributed by atoms with van der Waals surface area (Å²) in [6.45, 7) is 1.12. The fraction of sp³-hybridized carbons (Fsp3) is 0.636. The number of nitrogens with zero attached hydrogens (tertiary/aromatic N) is 3. The van der Waals surface area contributed by atoms with Crippen molar-refractivity contribution in [3.05, 3.63) is 10.8 Å². The fourth-order valence-electron chi connectivity index (χ4n) is 1.95. The van der Waals surface area contributed by atoms with Crippen molar-refractivity contribution in [2.75, 3.05) is 17.2 Å². The molecule has 2 N–H and O–H groups in total. The normalized spacial score (nSPS) is 19.8. The highest BCUT2D eigenvalue weighted by molar-refractivity contribution is 9.10. The molecule has 1 aromatic rings. The van der Waals surface area contributed by atoms with Gasteiger partial charge in [0.1, 0.15) is 22.4 Å². The van der Waals surface area contributed by atoms with Crippen LogP contribution in [0.15, 0.2) is 10.8 Å². The highest BCUT2D eigenvalue weighted by Gasteiger charge is 2.35. The Morgan fingerprint density at radius 3 is 2.69 bits per heavy atom. The van der Waals surface area contributed by atoms with Crippen LogP contribution in [-0.2, 0) is 0 Å². The minimum Gasteiger partial charge on any atom is -0.383 e. The van der Waals surface area contributed by atoms with Crippen LogP contribution in [0, 0.1) is 5.92 Å². The summed E-state index contributed by atoms with van der Waals surface area (Å²) in [6, 6.07) is 0.672. The van der Waals surface area contributed by atoms with Crippen molar-refractivity contribution in [1.29, 1.82) is 0 Å². The number of hydrogen-bond acceptors (Lipinski definition) is 4. The monoisotopic (exact) mass is 282 g/mol. The topological polar surface area (TPSA) is 55.0 Å². The molecule has 0 amide bonds. The fourth-order valence-corrected chi connectivity index (χ4v) is 2.38. The number of nitrogens with two attached hydrogens (primary N) is 1. The predicted octanol–water partition coefficient (Wildman–Crippen LogP) is 2.20. The van der Waals surface area contributed by atoms with Crippen LogP contribution in [0.25, 0.3) is 0 Å². The molecule has 0 aromatic carbocycles. The van der Waals surface area contributed by atoms with E-state index in [0.717, 1.165) is 22.8 Å². The Morgan fingerprint density at radius 2 is 2.06 bits per heavy atom. The molecule has 2 fully saturated rings. The van der Waals surface area contributed by atoms with E-state index >= 15 is 0 Å². The van der Waals surface area contributed by atoms with Gasteiger partial charge in [0, 0.05) is 12.6 Å². The van der Waals surface area contributed by atoms with Gasteiger partial charge in [-0.3, -0.25) is 0 Å². The lowest BCUT2D eigenvalue weighted by atomic mass is 10.3. The van der Waals surface area contributed by atoms with Crippen LogP contribution in [0.5, 0.6) is 0 Å². The van der Waals surface area contributed by atoms with E-state index in [-0.39, 0.29) is 0 Å². The molecule has 0 saturated heterocycles. The smallest absolute Gasteiger partial charge is 0.148 e. The molecule has 0 aliphatic heterocycles. The van der Waals surface area contributed by atoms with Crippen molar-refractivity contribution >= 4 is 27.6 Å². The van der Waals surface area contributed by atoms with Crippen LogP contribution in [0.3, 0.4) is 0 Å². The highest BCUT2D eigenvalue weighted by atomic mass is 79.9. The molecule has 0 bridgehead atoms. The highest BCUT2D eigenvalue weighted by Crippen LogP contribution is 2.39. The number of rotatable bonds is 4. The van der Waals surface area contributed by atoms with Gasteiger partial charge in [-0.15, -0.1) is 0 Å².